The fourth-order valence-electron chi connectivity index (χ4n) is 4.76. The van der Waals surface area contributed by atoms with Crippen LogP contribution in [0.2, 0.25) is 0 Å². The van der Waals surface area contributed by atoms with Crippen molar-refractivity contribution in [2.45, 2.75) is 87.7 Å². The van der Waals surface area contributed by atoms with Gasteiger partial charge in [0, 0.05) is 23.0 Å². The Labute approximate surface area is 267 Å². The van der Waals surface area contributed by atoms with E-state index >= 15 is 0 Å². The van der Waals surface area contributed by atoms with Crippen LogP contribution in [0.4, 0.5) is 4.39 Å². The second-order valence-electron chi connectivity index (χ2n) is 10.6. The third kappa shape index (κ3) is 10.4. The minimum absolute atomic E-state index is 0.0252. The highest BCUT2D eigenvalue weighted by atomic mass is 127. The molecule has 1 aromatic carbocycles. The normalized spacial score (nSPS) is 23.1. The number of carboxylic acid groups (broad SMARTS) is 1. The number of unbranched alkanes of at least 4 members (excludes halogenated alkanes) is 1. The number of halogens is 2. The number of hydrogen-bond acceptors (Lipinski definition) is 10. The molecule has 2 amide bonds. The van der Waals surface area contributed by atoms with Crippen molar-refractivity contribution in [1.29, 1.82) is 0 Å². The van der Waals surface area contributed by atoms with Crippen molar-refractivity contribution in [3.8, 4) is 0 Å². The molecule has 14 nitrogen and oxygen atoms in total. The van der Waals surface area contributed by atoms with E-state index in [1.54, 1.807) is 0 Å². The van der Waals surface area contributed by atoms with Gasteiger partial charge in [-0.25, -0.2) is 13.9 Å². The standard InChI is InChI=1S/C28H40FIN6O8/c1-31-20(13-18-14-36(35-34-18)27-23(29)25(40)24(39)21(15-37)44-27)26(41)33-19(28(42)43)6-2-3-12-32-22(38)7-4-5-16-8-10-17(30)11-9-16/h8-11,14,19-21,23-25,27,31,37,39-40H,2-7,12-13,15H2,1H3,(H,32,38)(H,33,41)(H,42,43)/t19?,20-,21?,23+,24+,25?,27+/m0/s1/i29-1. The van der Waals surface area contributed by atoms with E-state index in [0.717, 1.165) is 21.1 Å². The maximum absolute atomic E-state index is 14.6. The third-order valence-electron chi connectivity index (χ3n) is 7.36. The first-order valence-electron chi connectivity index (χ1n) is 14.4. The Morgan fingerprint density at radius 1 is 1.11 bits per heavy atom. The summed E-state index contributed by atoms with van der Waals surface area (Å²) in [7, 11) is 1.51. The lowest BCUT2D eigenvalue weighted by molar-refractivity contribution is -0.237. The molecule has 3 rings (SSSR count). The van der Waals surface area contributed by atoms with Gasteiger partial charge in [-0.15, -0.1) is 5.10 Å². The number of ether oxygens (including phenoxy) is 1. The van der Waals surface area contributed by atoms with Gasteiger partial charge in [0.1, 0.15) is 24.4 Å². The molecule has 2 aromatic rings. The van der Waals surface area contributed by atoms with Gasteiger partial charge in [0.2, 0.25) is 11.8 Å². The van der Waals surface area contributed by atoms with E-state index < -0.39 is 61.3 Å². The molecule has 0 bridgehead atoms. The van der Waals surface area contributed by atoms with E-state index in [9.17, 15) is 39.2 Å². The van der Waals surface area contributed by atoms with Crippen LogP contribution >= 0.6 is 22.6 Å². The van der Waals surface area contributed by atoms with Crippen LogP contribution in [0.25, 0.3) is 0 Å². The predicted octanol–water partition coefficient (Wildman–Crippen LogP) is -0.158. The number of rotatable bonds is 17. The lowest BCUT2D eigenvalue weighted by atomic mass is 9.99. The number of aromatic nitrogens is 3. The Kier molecular flexibility index (Phi) is 14.3. The Morgan fingerprint density at radius 3 is 2.50 bits per heavy atom. The zero-order valence-corrected chi connectivity index (χ0v) is 26.5. The van der Waals surface area contributed by atoms with E-state index in [-0.39, 0.29) is 24.4 Å². The summed E-state index contributed by atoms with van der Waals surface area (Å²) >= 11 is 2.24. The topological polar surface area (TPSA) is 208 Å². The van der Waals surface area contributed by atoms with Gasteiger partial charge in [-0.3, -0.25) is 9.59 Å². The molecule has 0 radical (unpaired) electrons. The number of nitrogens with zero attached hydrogens (tertiary/aromatic N) is 3. The van der Waals surface area contributed by atoms with Crippen LogP contribution < -0.4 is 16.0 Å². The highest BCUT2D eigenvalue weighted by Gasteiger charge is 2.46. The van der Waals surface area contributed by atoms with Crippen molar-refractivity contribution < 1.29 is 43.9 Å². The molecular weight excluding hydrogens is 693 g/mol. The number of benzene rings is 1. The lowest BCUT2D eigenvalue weighted by Gasteiger charge is -2.38. The van der Waals surface area contributed by atoms with Crippen molar-refractivity contribution in [3.05, 3.63) is 45.3 Å². The van der Waals surface area contributed by atoms with Crippen LogP contribution in [-0.4, -0.2) is 110 Å². The summed E-state index contributed by atoms with van der Waals surface area (Å²) in [5, 5.41) is 54.7. The first kappa shape index (κ1) is 35.7. The number of nitrogens with one attached hydrogen (secondary N) is 3. The molecule has 3 unspecified atom stereocenters. The molecule has 1 aliphatic rings. The maximum Gasteiger partial charge on any atom is 0.326 e. The molecular formula is C28H40FIN6O8. The summed E-state index contributed by atoms with van der Waals surface area (Å²) in [5.74, 6) is -1.85. The number of amides is 2. The van der Waals surface area contributed by atoms with E-state index in [1.807, 2.05) is 24.3 Å². The van der Waals surface area contributed by atoms with Crippen molar-refractivity contribution >= 4 is 40.4 Å². The van der Waals surface area contributed by atoms with Gasteiger partial charge < -0.3 is 41.1 Å². The van der Waals surface area contributed by atoms with Crippen molar-refractivity contribution in [3.63, 3.8) is 0 Å². The van der Waals surface area contributed by atoms with Crippen molar-refractivity contribution in [2.24, 2.45) is 0 Å². The quantitative estimate of drug-likeness (QED) is 0.0840. The molecule has 1 saturated heterocycles. The Bertz CT molecular complexity index is 1220. The monoisotopic (exact) mass is 733 g/mol. The summed E-state index contributed by atoms with van der Waals surface area (Å²) < 4.78 is 22.1. The number of carbonyl (C=O) groups is 3. The molecule has 244 valence electrons. The number of aliphatic hydroxyl groups excluding tert-OH is 3. The molecule has 2 heterocycles. The summed E-state index contributed by atoms with van der Waals surface area (Å²) in [6.07, 6.45) is -3.81. The minimum Gasteiger partial charge on any atom is -0.480 e. The summed E-state index contributed by atoms with van der Waals surface area (Å²) in [6, 6.07) is 6.10. The van der Waals surface area contributed by atoms with E-state index in [0.29, 0.717) is 25.8 Å². The Hall–Kier alpha value is -2.77. The molecule has 0 spiro atoms. The van der Waals surface area contributed by atoms with Crippen LogP contribution in [-0.2, 0) is 32.0 Å². The zero-order valence-electron chi connectivity index (χ0n) is 24.3. The maximum atomic E-state index is 14.6. The highest BCUT2D eigenvalue weighted by Crippen LogP contribution is 2.30. The van der Waals surface area contributed by atoms with Crippen LogP contribution in [0.3, 0.4) is 0 Å². The number of alkyl halides is 1. The lowest BCUT2D eigenvalue weighted by Crippen LogP contribution is -2.55. The number of aliphatic carboxylic acids is 1. The first-order chi connectivity index (χ1) is 21.0. The van der Waals surface area contributed by atoms with Crippen LogP contribution in [0.15, 0.2) is 30.5 Å². The second kappa shape index (κ2) is 17.6. The SMILES string of the molecule is CN[C@@H](Cc1cn([C@@H]2OC(CO)[C@@H](O)C(O)[C@H]2[18F])nn1)C(=O)NC(CCCCNC(=O)CCCc1ccc(I)cc1)C(=O)O. The van der Waals surface area contributed by atoms with Gasteiger partial charge in [-0.05, 0) is 79.4 Å². The number of carbonyl (C=O) groups excluding carboxylic acids is 2. The van der Waals surface area contributed by atoms with Gasteiger partial charge in [-0.1, -0.05) is 17.3 Å². The molecule has 1 aliphatic heterocycles. The van der Waals surface area contributed by atoms with Gasteiger partial charge in [0.05, 0.1) is 24.5 Å². The van der Waals surface area contributed by atoms with Gasteiger partial charge >= 0.3 is 5.97 Å². The number of carboxylic acids is 1. The molecule has 1 fully saturated rings. The molecule has 7 N–H and O–H groups in total. The summed E-state index contributed by atoms with van der Waals surface area (Å²) in [5.41, 5.74) is 1.42. The number of aryl methyl sites for hydroxylation is 1. The van der Waals surface area contributed by atoms with Gasteiger partial charge in [0.25, 0.3) is 0 Å². The molecule has 0 aliphatic carbocycles. The van der Waals surface area contributed by atoms with Crippen LogP contribution in [0.5, 0.6) is 0 Å². The Morgan fingerprint density at radius 2 is 1.84 bits per heavy atom. The summed E-state index contributed by atoms with van der Waals surface area (Å²) in [6.45, 7) is -0.254. The Balaban J connectivity index is 1.41. The van der Waals surface area contributed by atoms with Crippen molar-refractivity contribution in [2.75, 3.05) is 20.2 Å². The fraction of sp³-hybridized carbons (Fsp3) is 0.607. The molecule has 0 saturated carbocycles. The van der Waals surface area contributed by atoms with E-state index in [1.165, 1.54) is 18.8 Å². The first-order valence-corrected chi connectivity index (χ1v) is 15.5. The smallest absolute Gasteiger partial charge is 0.326 e. The fourth-order valence-corrected chi connectivity index (χ4v) is 5.12. The average molecular weight is 734 g/mol. The van der Waals surface area contributed by atoms with E-state index in [2.05, 4.69) is 48.9 Å². The predicted molar refractivity (Wildman–Crippen MR) is 163 cm³/mol. The molecule has 16 heteroatoms. The molecule has 44 heavy (non-hydrogen) atoms. The number of hydrogen-bond donors (Lipinski definition) is 7. The van der Waals surface area contributed by atoms with E-state index in [4.69, 9.17) is 4.74 Å². The zero-order chi connectivity index (χ0) is 32.2. The van der Waals surface area contributed by atoms with Crippen LogP contribution in [0, 0.1) is 3.57 Å². The number of likely N-dealkylation sites (N-methyl/N-ethyl adjacent to an activating group) is 1. The molecule has 1 aromatic heterocycles. The highest BCUT2D eigenvalue weighted by molar-refractivity contribution is 14.1. The number of aliphatic hydroxyl groups is 3. The van der Waals surface area contributed by atoms with Crippen LogP contribution in [0.1, 0.15) is 49.6 Å². The second-order valence-corrected chi connectivity index (χ2v) is 11.9. The largest absolute Gasteiger partial charge is 0.480 e. The minimum atomic E-state index is -2.06. The third-order valence-corrected chi connectivity index (χ3v) is 8.08. The average Bonchev–Trinajstić information content (AvgIpc) is 3.47. The van der Waals surface area contributed by atoms with Gasteiger partial charge in [-0.2, -0.15) is 0 Å². The van der Waals surface area contributed by atoms with Gasteiger partial charge in [0.15, 0.2) is 12.4 Å². The molecule has 7 atom stereocenters. The van der Waals surface area contributed by atoms with Crippen molar-refractivity contribution in [1.82, 2.24) is 30.9 Å². The summed E-state index contributed by atoms with van der Waals surface area (Å²) in [4.78, 5) is 36.8.